The first kappa shape index (κ1) is 14.4. The Bertz CT molecular complexity index is 443. The predicted molar refractivity (Wildman–Crippen MR) is 71.0 cm³/mol. The molecule has 0 fully saturated rings. The largest absolute Gasteiger partial charge is 0.381 e. The number of nitrogens with zero attached hydrogens (tertiary/aromatic N) is 2. The van der Waals surface area contributed by atoms with Crippen molar-refractivity contribution in [2.45, 2.75) is 32.7 Å². The summed E-state index contributed by atoms with van der Waals surface area (Å²) in [5.74, 6) is -0.137. The molecule has 1 unspecified atom stereocenters. The van der Waals surface area contributed by atoms with Gasteiger partial charge < -0.3 is 5.32 Å². The minimum absolute atomic E-state index is 0.124. The van der Waals surface area contributed by atoms with Crippen molar-refractivity contribution in [3.8, 4) is 0 Å². The summed E-state index contributed by atoms with van der Waals surface area (Å²) in [5.41, 5.74) is 1.43. The zero-order valence-electron chi connectivity index (χ0n) is 10.6. The third kappa shape index (κ3) is 4.33. The molecule has 0 saturated heterocycles. The molecule has 0 aromatic carbocycles. The van der Waals surface area contributed by atoms with Gasteiger partial charge >= 0.3 is 0 Å². The molecule has 1 atom stereocenters. The second kappa shape index (κ2) is 6.35. The van der Waals surface area contributed by atoms with E-state index in [2.05, 4.69) is 10.3 Å². The third-order valence-electron chi connectivity index (χ3n) is 2.42. The minimum Gasteiger partial charge on any atom is -0.381 e. The highest BCUT2D eigenvalue weighted by molar-refractivity contribution is 6.29. The van der Waals surface area contributed by atoms with E-state index in [4.69, 9.17) is 11.6 Å². The van der Waals surface area contributed by atoms with Crippen LogP contribution in [0.15, 0.2) is 30.2 Å². The number of rotatable bonds is 5. The summed E-state index contributed by atoms with van der Waals surface area (Å²) in [6, 6.07) is 3.61. The zero-order valence-corrected chi connectivity index (χ0v) is 11.3. The van der Waals surface area contributed by atoms with Gasteiger partial charge in [0.25, 0.3) is 6.20 Å². The maximum absolute atomic E-state index is 10.6. The van der Waals surface area contributed by atoms with Crippen LogP contribution in [0.3, 0.4) is 0 Å². The number of hydrogen-bond donors (Lipinski definition) is 1. The van der Waals surface area contributed by atoms with Crippen LogP contribution in [0.25, 0.3) is 0 Å². The molecule has 1 N–H and O–H groups in total. The lowest BCUT2D eigenvalue weighted by atomic mass is 9.99. The topological polar surface area (TPSA) is 68.1 Å². The molecule has 18 heavy (non-hydrogen) atoms. The van der Waals surface area contributed by atoms with E-state index in [1.54, 1.807) is 12.3 Å². The van der Waals surface area contributed by atoms with Crippen LogP contribution in [0.4, 0.5) is 0 Å². The van der Waals surface area contributed by atoms with E-state index in [9.17, 15) is 10.1 Å². The Morgan fingerprint density at radius 1 is 1.50 bits per heavy atom. The average Bonchev–Trinajstić information content (AvgIpc) is 2.27. The molecule has 1 rings (SSSR count). The molecule has 0 spiro atoms. The number of nitro groups is 1. The second-order valence-corrected chi connectivity index (χ2v) is 4.69. The number of halogens is 1. The third-order valence-corrected chi connectivity index (χ3v) is 2.64. The van der Waals surface area contributed by atoms with Crippen LogP contribution in [-0.2, 0) is 0 Å². The first-order valence-corrected chi connectivity index (χ1v) is 6.01. The lowest BCUT2D eigenvalue weighted by molar-refractivity contribution is -0.404. The maximum Gasteiger partial charge on any atom is 0.253 e. The number of pyridine rings is 1. The van der Waals surface area contributed by atoms with Gasteiger partial charge in [-0.3, -0.25) is 10.1 Å². The number of allylic oxidation sites excluding steroid dienone is 1. The Morgan fingerprint density at radius 3 is 2.61 bits per heavy atom. The first-order chi connectivity index (χ1) is 8.40. The fraction of sp³-hybridized carbons (Fsp3) is 0.417. The Morgan fingerprint density at radius 2 is 2.17 bits per heavy atom. The quantitative estimate of drug-likeness (QED) is 0.507. The van der Waals surface area contributed by atoms with E-state index in [1.807, 2.05) is 26.8 Å². The Labute approximate surface area is 111 Å². The Hall–Kier alpha value is -1.62. The molecule has 0 aliphatic carbocycles. The van der Waals surface area contributed by atoms with Crippen LogP contribution >= 0.6 is 11.6 Å². The molecular weight excluding hydrogens is 254 g/mol. The number of aromatic nitrogens is 1. The van der Waals surface area contributed by atoms with Gasteiger partial charge in [-0.25, -0.2) is 4.98 Å². The van der Waals surface area contributed by atoms with Crippen LogP contribution < -0.4 is 5.32 Å². The lowest BCUT2D eigenvalue weighted by Crippen LogP contribution is -2.26. The van der Waals surface area contributed by atoms with E-state index >= 15 is 0 Å². The minimum atomic E-state index is -0.454. The molecule has 0 saturated carbocycles. The Balaban J connectivity index is 2.98. The Kier molecular flexibility index (Phi) is 5.09. The van der Waals surface area contributed by atoms with Crippen LogP contribution in [0.2, 0.25) is 5.15 Å². The van der Waals surface area contributed by atoms with Crippen LogP contribution in [0.1, 0.15) is 32.3 Å². The van der Waals surface area contributed by atoms with E-state index < -0.39 is 4.92 Å². The van der Waals surface area contributed by atoms with E-state index in [-0.39, 0.29) is 12.0 Å². The monoisotopic (exact) mass is 269 g/mol. The van der Waals surface area contributed by atoms with Crippen molar-refractivity contribution < 1.29 is 4.92 Å². The van der Waals surface area contributed by atoms with Crippen LogP contribution in [0.5, 0.6) is 0 Å². The predicted octanol–water partition coefficient (Wildman–Crippen LogP) is 2.95. The molecule has 1 heterocycles. The molecule has 6 heteroatoms. The van der Waals surface area contributed by atoms with E-state index in [0.29, 0.717) is 10.9 Å². The van der Waals surface area contributed by atoms with Gasteiger partial charge in [-0.05, 0) is 25.5 Å². The highest BCUT2D eigenvalue weighted by Crippen LogP contribution is 2.22. The first-order valence-electron chi connectivity index (χ1n) is 5.63. The van der Waals surface area contributed by atoms with Gasteiger partial charge in [-0.1, -0.05) is 24.6 Å². The van der Waals surface area contributed by atoms with Gasteiger partial charge in [-0.15, -0.1) is 0 Å². The molecule has 0 bridgehead atoms. The molecule has 1 aromatic heterocycles. The summed E-state index contributed by atoms with van der Waals surface area (Å²) < 4.78 is 0. The molecule has 0 aliphatic heterocycles. The summed E-state index contributed by atoms with van der Waals surface area (Å²) in [5, 5.41) is 14.1. The summed E-state index contributed by atoms with van der Waals surface area (Å²) in [7, 11) is 0. The molecular formula is C12H16ClN3O2. The average molecular weight is 270 g/mol. The molecule has 1 aromatic rings. The van der Waals surface area contributed by atoms with Crippen molar-refractivity contribution in [1.29, 1.82) is 0 Å². The molecule has 0 amide bonds. The van der Waals surface area contributed by atoms with E-state index in [1.165, 1.54) is 0 Å². The zero-order chi connectivity index (χ0) is 13.7. The van der Waals surface area contributed by atoms with Gasteiger partial charge in [0.2, 0.25) is 0 Å². The summed E-state index contributed by atoms with van der Waals surface area (Å²) in [4.78, 5) is 14.2. The van der Waals surface area contributed by atoms with Crippen molar-refractivity contribution in [3.05, 3.63) is 51.1 Å². The van der Waals surface area contributed by atoms with Crippen molar-refractivity contribution in [2.24, 2.45) is 0 Å². The normalized spacial score (nSPS) is 13.5. The number of nitrogens with one attached hydrogen (secondary N) is 1. The van der Waals surface area contributed by atoms with Gasteiger partial charge in [0.05, 0.1) is 10.6 Å². The van der Waals surface area contributed by atoms with Crippen LogP contribution in [0, 0.1) is 10.1 Å². The van der Waals surface area contributed by atoms with Crippen molar-refractivity contribution in [3.63, 3.8) is 0 Å². The molecule has 98 valence electrons. The SMILES string of the molecule is CC(C)NC(=C[N+](=O)[O-])C(C)c1ccc(Cl)nc1. The fourth-order valence-electron chi connectivity index (χ4n) is 1.54. The summed E-state index contributed by atoms with van der Waals surface area (Å²) in [6.07, 6.45) is 2.63. The fourth-order valence-corrected chi connectivity index (χ4v) is 1.66. The van der Waals surface area contributed by atoms with Crippen molar-refractivity contribution in [2.75, 3.05) is 0 Å². The highest BCUT2D eigenvalue weighted by Gasteiger charge is 2.16. The maximum atomic E-state index is 10.6. The van der Waals surface area contributed by atoms with Gasteiger partial charge in [-0.2, -0.15) is 0 Å². The van der Waals surface area contributed by atoms with Crippen molar-refractivity contribution >= 4 is 11.6 Å². The van der Waals surface area contributed by atoms with E-state index in [0.717, 1.165) is 11.8 Å². The standard InChI is InChI=1S/C12H16ClN3O2/c1-8(2)15-11(7-16(17)18)9(3)10-4-5-12(13)14-6-10/h4-9,15H,1-3H3. The van der Waals surface area contributed by atoms with Crippen molar-refractivity contribution in [1.82, 2.24) is 10.3 Å². The molecule has 0 radical (unpaired) electrons. The molecule has 0 aliphatic rings. The smallest absolute Gasteiger partial charge is 0.253 e. The number of hydrogen-bond acceptors (Lipinski definition) is 4. The van der Waals surface area contributed by atoms with Gasteiger partial charge in [0.15, 0.2) is 0 Å². The summed E-state index contributed by atoms with van der Waals surface area (Å²) >= 11 is 5.72. The second-order valence-electron chi connectivity index (χ2n) is 4.30. The van der Waals surface area contributed by atoms with Gasteiger partial charge in [0, 0.05) is 18.2 Å². The highest BCUT2D eigenvalue weighted by atomic mass is 35.5. The van der Waals surface area contributed by atoms with Gasteiger partial charge in [0.1, 0.15) is 5.15 Å². The van der Waals surface area contributed by atoms with Crippen LogP contribution in [-0.4, -0.2) is 15.9 Å². The summed E-state index contributed by atoms with van der Waals surface area (Å²) in [6.45, 7) is 5.75. The molecule has 5 nitrogen and oxygen atoms in total. The lowest BCUT2D eigenvalue weighted by Gasteiger charge is -2.18.